The fraction of sp³-hybridized carbons (Fsp3) is 0.194. The van der Waals surface area contributed by atoms with Crippen LogP contribution in [0.15, 0.2) is 91.1 Å². The van der Waals surface area contributed by atoms with Crippen LogP contribution in [0.5, 0.6) is 0 Å². The van der Waals surface area contributed by atoms with Gasteiger partial charge in [-0.05, 0) is 72.2 Å². The highest BCUT2D eigenvalue weighted by atomic mass is 16.5. The number of pyridine rings is 1. The second kappa shape index (κ2) is 12.0. The zero-order valence-corrected chi connectivity index (χ0v) is 21.4. The third-order valence-corrected chi connectivity index (χ3v) is 6.18. The molecule has 4 aromatic rings. The van der Waals surface area contributed by atoms with E-state index in [9.17, 15) is 9.59 Å². The smallest absolute Gasteiger partial charge is 0.340 e. The number of hydrogen-bond donors (Lipinski definition) is 1. The summed E-state index contributed by atoms with van der Waals surface area (Å²) in [7, 11) is 1.96. The highest BCUT2D eigenvalue weighted by Gasteiger charge is 2.17. The number of ether oxygens (including phenoxy) is 1. The van der Waals surface area contributed by atoms with Gasteiger partial charge < -0.3 is 15.0 Å². The van der Waals surface area contributed by atoms with Crippen LogP contribution < -0.4 is 10.2 Å². The third-order valence-electron chi connectivity index (χ3n) is 6.18. The number of benzene rings is 3. The Morgan fingerprint density at radius 3 is 2.51 bits per heavy atom. The largest absolute Gasteiger partial charge is 0.462 e. The van der Waals surface area contributed by atoms with Crippen molar-refractivity contribution < 1.29 is 14.3 Å². The van der Waals surface area contributed by atoms with Gasteiger partial charge in [-0.25, -0.2) is 4.79 Å². The van der Waals surface area contributed by atoms with Crippen LogP contribution in [0.4, 0.5) is 11.4 Å². The van der Waals surface area contributed by atoms with Crippen molar-refractivity contribution in [3.8, 4) is 0 Å². The van der Waals surface area contributed by atoms with Crippen LogP contribution in [-0.2, 0) is 16.0 Å². The van der Waals surface area contributed by atoms with Gasteiger partial charge in [-0.15, -0.1) is 0 Å². The second-order valence-corrected chi connectivity index (χ2v) is 8.82. The predicted octanol–water partition coefficient (Wildman–Crippen LogP) is 6.13. The summed E-state index contributed by atoms with van der Waals surface area (Å²) < 4.78 is 5.27. The molecular weight excluding hydrogens is 462 g/mol. The molecule has 0 aliphatic carbocycles. The monoisotopic (exact) mass is 493 g/mol. The number of rotatable bonds is 9. The second-order valence-electron chi connectivity index (χ2n) is 8.82. The SMILES string of the molecule is CCOC(=O)c1cc(N(C)CCc2ccccn2)ccc1NC(=O)C=C(C)c1ccc2ccccc2c1. The minimum Gasteiger partial charge on any atom is -0.462 e. The van der Waals surface area contributed by atoms with Crippen molar-refractivity contribution in [3.05, 3.63) is 108 Å². The van der Waals surface area contributed by atoms with Crippen molar-refractivity contribution in [2.75, 3.05) is 30.4 Å². The van der Waals surface area contributed by atoms with Crippen LogP contribution in [0.3, 0.4) is 0 Å². The molecule has 0 saturated carbocycles. The topological polar surface area (TPSA) is 71.5 Å². The van der Waals surface area contributed by atoms with E-state index in [0.717, 1.165) is 46.3 Å². The van der Waals surface area contributed by atoms with Crippen LogP contribution in [-0.4, -0.2) is 37.1 Å². The van der Waals surface area contributed by atoms with Crippen molar-refractivity contribution in [2.24, 2.45) is 0 Å². The Labute approximate surface area is 217 Å². The van der Waals surface area contributed by atoms with Gasteiger partial charge in [0.05, 0.1) is 17.9 Å². The number of aromatic nitrogens is 1. The Morgan fingerprint density at radius 1 is 0.973 bits per heavy atom. The van der Waals surface area contributed by atoms with Crippen LogP contribution in [0.2, 0.25) is 0 Å². The first kappa shape index (κ1) is 25.6. The molecule has 1 N–H and O–H groups in total. The fourth-order valence-corrected chi connectivity index (χ4v) is 4.10. The van der Waals surface area contributed by atoms with Crippen molar-refractivity contribution in [1.29, 1.82) is 0 Å². The molecule has 37 heavy (non-hydrogen) atoms. The lowest BCUT2D eigenvalue weighted by Crippen LogP contribution is -2.22. The molecule has 0 spiro atoms. The van der Waals surface area contributed by atoms with Crippen LogP contribution in [0.25, 0.3) is 16.3 Å². The molecule has 6 heteroatoms. The normalized spacial score (nSPS) is 11.3. The van der Waals surface area contributed by atoms with Crippen LogP contribution in [0, 0.1) is 0 Å². The summed E-state index contributed by atoms with van der Waals surface area (Å²) in [6.45, 7) is 4.62. The number of anilines is 2. The van der Waals surface area contributed by atoms with E-state index in [2.05, 4.69) is 22.4 Å². The van der Waals surface area contributed by atoms with E-state index in [1.54, 1.807) is 31.3 Å². The molecule has 1 amide bonds. The predicted molar refractivity (Wildman–Crippen MR) is 150 cm³/mol. The number of esters is 1. The molecule has 0 radical (unpaired) electrons. The number of fused-ring (bicyclic) bond motifs is 1. The van der Waals surface area contributed by atoms with E-state index in [-0.39, 0.29) is 12.5 Å². The van der Waals surface area contributed by atoms with E-state index in [1.165, 1.54) is 0 Å². The van der Waals surface area contributed by atoms with Gasteiger partial charge in [-0.2, -0.15) is 0 Å². The zero-order chi connectivity index (χ0) is 26.2. The highest BCUT2D eigenvalue weighted by molar-refractivity contribution is 6.08. The van der Waals surface area contributed by atoms with Gasteiger partial charge in [0.15, 0.2) is 0 Å². The summed E-state index contributed by atoms with van der Waals surface area (Å²) in [5.41, 5.74) is 4.36. The molecule has 4 rings (SSSR count). The summed E-state index contributed by atoms with van der Waals surface area (Å²) in [6, 6.07) is 25.4. The average molecular weight is 494 g/mol. The van der Waals surface area contributed by atoms with Crippen molar-refractivity contribution in [3.63, 3.8) is 0 Å². The maximum atomic E-state index is 12.9. The molecule has 1 heterocycles. The maximum absolute atomic E-state index is 12.9. The number of carbonyl (C=O) groups is 2. The molecule has 0 unspecified atom stereocenters. The van der Waals surface area contributed by atoms with Crippen LogP contribution >= 0.6 is 0 Å². The van der Waals surface area contributed by atoms with Gasteiger partial charge in [0.1, 0.15) is 0 Å². The Morgan fingerprint density at radius 2 is 1.76 bits per heavy atom. The molecule has 0 saturated heterocycles. The standard InChI is InChI=1S/C31H31N3O3/c1-4-37-31(36)28-21-27(34(3)18-16-26-11-7-8-17-32-26)14-15-29(28)33-30(35)19-22(2)24-13-12-23-9-5-6-10-25(23)20-24/h5-15,17,19-21H,4,16,18H2,1-3H3,(H,33,35). The van der Waals surface area contributed by atoms with E-state index >= 15 is 0 Å². The molecule has 0 aliphatic heterocycles. The lowest BCUT2D eigenvalue weighted by molar-refractivity contribution is -0.111. The highest BCUT2D eigenvalue weighted by Crippen LogP contribution is 2.25. The Balaban J connectivity index is 1.52. The average Bonchev–Trinajstić information content (AvgIpc) is 2.92. The summed E-state index contributed by atoms with van der Waals surface area (Å²) in [5.74, 6) is -0.791. The van der Waals surface area contributed by atoms with Crippen LogP contribution in [0.1, 0.15) is 35.5 Å². The van der Waals surface area contributed by atoms with Gasteiger partial charge in [-0.3, -0.25) is 9.78 Å². The Hall–Kier alpha value is -4.45. The molecule has 0 atom stereocenters. The minimum atomic E-state index is -0.479. The van der Waals surface area contributed by atoms with Gasteiger partial charge in [0.2, 0.25) is 5.91 Å². The van der Waals surface area contributed by atoms with Crippen molar-refractivity contribution in [2.45, 2.75) is 20.3 Å². The van der Waals surface area contributed by atoms with E-state index in [4.69, 9.17) is 4.74 Å². The lowest BCUT2D eigenvalue weighted by Gasteiger charge is -2.21. The molecule has 3 aromatic carbocycles. The fourth-order valence-electron chi connectivity index (χ4n) is 4.10. The summed E-state index contributed by atoms with van der Waals surface area (Å²) in [6.07, 6.45) is 4.09. The number of carbonyl (C=O) groups excluding carboxylic acids is 2. The molecule has 188 valence electrons. The van der Waals surface area contributed by atoms with Gasteiger partial charge in [0, 0.05) is 43.7 Å². The molecular formula is C31H31N3O3. The quantitative estimate of drug-likeness (QED) is 0.224. The first-order valence-corrected chi connectivity index (χ1v) is 12.4. The number of allylic oxidation sites excluding steroid dienone is 1. The van der Waals surface area contributed by atoms with Crippen molar-refractivity contribution in [1.82, 2.24) is 4.98 Å². The summed E-state index contributed by atoms with van der Waals surface area (Å²) in [4.78, 5) is 32.1. The molecule has 6 nitrogen and oxygen atoms in total. The van der Waals surface area contributed by atoms with E-state index < -0.39 is 5.97 Å². The van der Waals surface area contributed by atoms with Gasteiger partial charge in [0.25, 0.3) is 0 Å². The molecule has 1 aromatic heterocycles. The molecule has 0 aliphatic rings. The number of amides is 1. The number of hydrogen-bond acceptors (Lipinski definition) is 5. The number of nitrogens with zero attached hydrogens (tertiary/aromatic N) is 2. The molecule has 0 fully saturated rings. The number of nitrogens with one attached hydrogen (secondary N) is 1. The first-order chi connectivity index (χ1) is 17.9. The zero-order valence-electron chi connectivity index (χ0n) is 21.4. The third kappa shape index (κ3) is 6.61. The summed E-state index contributed by atoms with van der Waals surface area (Å²) in [5, 5.41) is 5.12. The maximum Gasteiger partial charge on any atom is 0.340 e. The first-order valence-electron chi connectivity index (χ1n) is 12.4. The van der Waals surface area contributed by atoms with E-state index in [0.29, 0.717) is 11.3 Å². The Bertz CT molecular complexity index is 1430. The van der Waals surface area contributed by atoms with Crippen molar-refractivity contribution >= 4 is 39.6 Å². The molecule has 0 bridgehead atoms. The summed E-state index contributed by atoms with van der Waals surface area (Å²) >= 11 is 0. The Kier molecular flexibility index (Phi) is 8.31. The number of likely N-dealkylation sites (N-methyl/N-ethyl adjacent to an activating group) is 1. The minimum absolute atomic E-state index is 0.243. The van der Waals surface area contributed by atoms with Gasteiger partial charge >= 0.3 is 5.97 Å². The van der Waals surface area contributed by atoms with Gasteiger partial charge in [-0.1, -0.05) is 42.5 Å². The lowest BCUT2D eigenvalue weighted by atomic mass is 10.0. The van der Waals surface area contributed by atoms with E-state index in [1.807, 2.05) is 73.5 Å².